The molecule has 3 aromatic heterocycles. The van der Waals surface area contributed by atoms with Crippen molar-refractivity contribution in [1.29, 1.82) is 0 Å². The fourth-order valence-corrected chi connectivity index (χ4v) is 2.37. The summed E-state index contributed by atoms with van der Waals surface area (Å²) in [4.78, 5) is 8.54. The van der Waals surface area contributed by atoms with E-state index in [0.29, 0.717) is 17.4 Å². The molecular weight excluding hydrogens is 270 g/mol. The van der Waals surface area contributed by atoms with Crippen LogP contribution in [0.5, 0.6) is 0 Å². The van der Waals surface area contributed by atoms with Crippen molar-refractivity contribution in [2.24, 2.45) is 5.84 Å². The van der Waals surface area contributed by atoms with E-state index in [1.807, 2.05) is 26.8 Å². The van der Waals surface area contributed by atoms with E-state index in [2.05, 4.69) is 30.9 Å². The maximum absolute atomic E-state index is 5.57. The van der Waals surface area contributed by atoms with Crippen LogP contribution in [-0.4, -0.2) is 20.2 Å². The predicted octanol–water partition coefficient (Wildman–Crippen LogP) is 2.02. The Labute approximate surface area is 121 Å². The van der Waals surface area contributed by atoms with Gasteiger partial charge in [0.2, 0.25) is 5.95 Å². The topological polar surface area (TPSA) is 118 Å². The first-order valence-electron chi connectivity index (χ1n) is 6.59. The molecule has 0 radical (unpaired) electrons. The highest BCUT2D eigenvalue weighted by Gasteiger charge is 2.16. The van der Waals surface area contributed by atoms with Crippen molar-refractivity contribution in [3.63, 3.8) is 0 Å². The van der Waals surface area contributed by atoms with Crippen LogP contribution in [0.1, 0.15) is 30.0 Å². The van der Waals surface area contributed by atoms with Gasteiger partial charge >= 0.3 is 0 Å². The summed E-state index contributed by atoms with van der Waals surface area (Å²) >= 11 is 0. The molecule has 8 heteroatoms. The predicted molar refractivity (Wildman–Crippen MR) is 79.7 cm³/mol. The second-order valence-corrected chi connectivity index (χ2v) is 4.91. The zero-order valence-corrected chi connectivity index (χ0v) is 12.1. The van der Waals surface area contributed by atoms with Gasteiger partial charge in [-0.2, -0.15) is 15.1 Å². The summed E-state index contributed by atoms with van der Waals surface area (Å²) in [6.45, 7) is 5.92. The second kappa shape index (κ2) is 5.06. The van der Waals surface area contributed by atoms with Crippen molar-refractivity contribution in [3.8, 4) is 0 Å². The maximum Gasteiger partial charge on any atom is 0.241 e. The molecule has 1 atom stereocenters. The zero-order valence-electron chi connectivity index (χ0n) is 12.1. The number of nitrogens with two attached hydrogens (primary N) is 1. The number of hydrogen-bond donors (Lipinski definition) is 4. The standard InChI is InChI=1S/C13H17N7O/c1-6-4-9(8(3)21-6)7(2)16-11-10-5-15-20-12(10)18-13(17-11)19-14/h4-5,7H,14H2,1-3H3,(H3,15,16,17,18,19,20). The number of aryl methyl sites for hydroxylation is 2. The van der Waals surface area contributed by atoms with E-state index in [4.69, 9.17) is 10.3 Å². The van der Waals surface area contributed by atoms with Gasteiger partial charge in [-0.25, -0.2) is 5.84 Å². The number of nitrogen functional groups attached to an aromatic ring is 1. The number of nitrogens with zero attached hydrogens (tertiary/aromatic N) is 3. The number of furan rings is 1. The van der Waals surface area contributed by atoms with E-state index in [1.54, 1.807) is 6.20 Å². The second-order valence-electron chi connectivity index (χ2n) is 4.91. The number of hydrogen-bond acceptors (Lipinski definition) is 7. The van der Waals surface area contributed by atoms with Crippen LogP contribution in [0.4, 0.5) is 11.8 Å². The first-order chi connectivity index (χ1) is 10.1. The van der Waals surface area contributed by atoms with Crippen molar-refractivity contribution in [1.82, 2.24) is 20.2 Å². The Kier molecular flexibility index (Phi) is 3.22. The van der Waals surface area contributed by atoms with E-state index < -0.39 is 0 Å². The molecule has 0 bridgehead atoms. The summed E-state index contributed by atoms with van der Waals surface area (Å²) < 4.78 is 5.57. The summed E-state index contributed by atoms with van der Waals surface area (Å²) in [6.07, 6.45) is 1.68. The molecule has 0 fully saturated rings. The smallest absolute Gasteiger partial charge is 0.241 e. The molecule has 0 aliphatic rings. The number of nitrogens with one attached hydrogen (secondary N) is 3. The molecule has 0 spiro atoms. The van der Waals surface area contributed by atoms with Crippen LogP contribution in [-0.2, 0) is 0 Å². The van der Waals surface area contributed by atoms with Gasteiger partial charge in [-0.15, -0.1) is 0 Å². The number of aromatic amines is 1. The number of aromatic nitrogens is 4. The Hall–Kier alpha value is -2.61. The molecule has 3 aromatic rings. The van der Waals surface area contributed by atoms with Crippen LogP contribution in [0.25, 0.3) is 11.0 Å². The third-order valence-corrected chi connectivity index (χ3v) is 3.34. The molecule has 0 aliphatic carbocycles. The first kappa shape index (κ1) is 13.4. The largest absolute Gasteiger partial charge is 0.466 e. The zero-order chi connectivity index (χ0) is 15.0. The molecule has 0 aromatic carbocycles. The lowest BCUT2D eigenvalue weighted by Crippen LogP contribution is -2.14. The Morgan fingerprint density at radius 3 is 2.81 bits per heavy atom. The highest BCUT2D eigenvalue weighted by molar-refractivity contribution is 5.87. The Balaban J connectivity index is 1.97. The Morgan fingerprint density at radius 2 is 2.14 bits per heavy atom. The normalized spacial score (nSPS) is 12.6. The van der Waals surface area contributed by atoms with Crippen LogP contribution in [0, 0.1) is 13.8 Å². The van der Waals surface area contributed by atoms with Crippen LogP contribution in [0.15, 0.2) is 16.7 Å². The lowest BCUT2D eigenvalue weighted by atomic mass is 10.1. The first-order valence-corrected chi connectivity index (χ1v) is 6.59. The molecule has 21 heavy (non-hydrogen) atoms. The number of rotatable bonds is 4. The fraction of sp³-hybridized carbons (Fsp3) is 0.308. The van der Waals surface area contributed by atoms with Crippen molar-refractivity contribution in [3.05, 3.63) is 29.3 Å². The van der Waals surface area contributed by atoms with Crippen LogP contribution < -0.4 is 16.6 Å². The summed E-state index contributed by atoms with van der Waals surface area (Å²) in [6, 6.07) is 2.05. The van der Waals surface area contributed by atoms with Crippen molar-refractivity contribution in [2.75, 3.05) is 10.7 Å². The highest BCUT2D eigenvalue weighted by atomic mass is 16.3. The number of fused-ring (bicyclic) bond motifs is 1. The van der Waals surface area contributed by atoms with Crippen molar-refractivity contribution >= 4 is 22.8 Å². The van der Waals surface area contributed by atoms with Gasteiger partial charge in [0.15, 0.2) is 5.65 Å². The molecule has 0 aliphatic heterocycles. The minimum absolute atomic E-state index is 0.0288. The van der Waals surface area contributed by atoms with E-state index in [9.17, 15) is 0 Å². The Bertz CT molecular complexity index is 776. The minimum atomic E-state index is 0.0288. The average Bonchev–Trinajstić information content (AvgIpc) is 3.04. The summed E-state index contributed by atoms with van der Waals surface area (Å²) in [5.41, 5.74) is 4.16. The minimum Gasteiger partial charge on any atom is -0.466 e. The molecule has 3 heterocycles. The monoisotopic (exact) mass is 287 g/mol. The van der Waals surface area contributed by atoms with Gasteiger partial charge in [-0.05, 0) is 26.8 Å². The molecule has 3 rings (SSSR count). The van der Waals surface area contributed by atoms with Gasteiger partial charge in [0.25, 0.3) is 0 Å². The van der Waals surface area contributed by atoms with Crippen molar-refractivity contribution < 1.29 is 4.42 Å². The molecule has 0 saturated carbocycles. The van der Waals surface area contributed by atoms with E-state index in [0.717, 1.165) is 22.5 Å². The molecule has 5 N–H and O–H groups in total. The molecular formula is C13H17N7O. The lowest BCUT2D eigenvalue weighted by Gasteiger charge is -2.15. The third-order valence-electron chi connectivity index (χ3n) is 3.34. The van der Waals surface area contributed by atoms with Crippen molar-refractivity contribution in [2.45, 2.75) is 26.8 Å². The fourth-order valence-electron chi connectivity index (χ4n) is 2.37. The molecule has 8 nitrogen and oxygen atoms in total. The van der Waals surface area contributed by atoms with Crippen LogP contribution in [0.2, 0.25) is 0 Å². The van der Waals surface area contributed by atoms with Gasteiger partial charge in [-0.1, -0.05) is 0 Å². The summed E-state index contributed by atoms with van der Waals surface area (Å²) in [5.74, 6) is 8.15. The maximum atomic E-state index is 5.57. The van der Waals surface area contributed by atoms with Crippen LogP contribution >= 0.6 is 0 Å². The third kappa shape index (κ3) is 2.40. The molecule has 110 valence electrons. The molecule has 1 unspecified atom stereocenters. The quantitative estimate of drug-likeness (QED) is 0.428. The van der Waals surface area contributed by atoms with Gasteiger partial charge in [-0.3, -0.25) is 10.5 Å². The number of anilines is 2. The average molecular weight is 287 g/mol. The lowest BCUT2D eigenvalue weighted by molar-refractivity contribution is 0.500. The number of hydrazine groups is 1. The van der Waals surface area contributed by atoms with Crippen LogP contribution in [0.3, 0.4) is 0 Å². The van der Waals surface area contributed by atoms with Gasteiger partial charge < -0.3 is 9.73 Å². The molecule has 0 amide bonds. The van der Waals surface area contributed by atoms with Gasteiger partial charge in [0, 0.05) is 5.56 Å². The van der Waals surface area contributed by atoms with Gasteiger partial charge in [0.05, 0.1) is 17.6 Å². The van der Waals surface area contributed by atoms with E-state index in [1.165, 1.54) is 0 Å². The Morgan fingerprint density at radius 1 is 1.33 bits per heavy atom. The molecule has 0 saturated heterocycles. The SMILES string of the molecule is Cc1cc(C(C)Nc2nc(NN)nc3[nH]ncc23)c(C)o1. The summed E-state index contributed by atoms with van der Waals surface area (Å²) in [7, 11) is 0. The summed E-state index contributed by atoms with van der Waals surface area (Å²) in [5, 5.41) is 10.9. The number of H-pyrrole nitrogens is 1. The van der Waals surface area contributed by atoms with Gasteiger partial charge in [0.1, 0.15) is 17.3 Å². The highest BCUT2D eigenvalue weighted by Crippen LogP contribution is 2.27. The van der Waals surface area contributed by atoms with E-state index >= 15 is 0 Å². The van der Waals surface area contributed by atoms with E-state index in [-0.39, 0.29) is 6.04 Å².